The average Bonchev–Trinajstić information content (AvgIpc) is 2.49. The van der Waals surface area contributed by atoms with Crippen LogP contribution in [0.5, 0.6) is 0 Å². The lowest BCUT2D eigenvalue weighted by Gasteiger charge is -2.02. The molecule has 0 fully saturated rings. The highest BCUT2D eigenvalue weighted by atomic mass is 16.1. The lowest BCUT2D eigenvalue weighted by Crippen LogP contribution is -2.06. The zero-order valence-corrected chi connectivity index (χ0v) is 12.0. The Kier molecular flexibility index (Phi) is 6.97. The topological polar surface area (TPSA) is 34.1 Å². The van der Waals surface area contributed by atoms with Gasteiger partial charge in [0.2, 0.25) is 0 Å². The molecule has 104 valence electrons. The molecule has 20 heavy (non-hydrogen) atoms. The maximum absolute atomic E-state index is 12.1. The van der Waals surface area contributed by atoms with Gasteiger partial charge in [0.15, 0.2) is 11.6 Å². The summed E-state index contributed by atoms with van der Waals surface area (Å²) in [7, 11) is 0. The van der Waals surface area contributed by atoms with E-state index in [1.807, 2.05) is 50.3 Å². The van der Waals surface area contributed by atoms with E-state index in [-0.39, 0.29) is 24.4 Å². The fourth-order valence-electron chi connectivity index (χ4n) is 1.76. The molecule has 0 saturated carbocycles. The Bertz CT molecular complexity index is 534. The Labute approximate surface area is 120 Å². The molecule has 0 aliphatic rings. The summed E-state index contributed by atoms with van der Waals surface area (Å²) in [6.45, 7) is 3.76. The molecule has 0 spiro atoms. The number of hydrogen-bond donors (Lipinski definition) is 0. The largest absolute Gasteiger partial charge is 0.294 e. The molecule has 0 aliphatic carbocycles. The lowest BCUT2D eigenvalue weighted by molar-refractivity contribution is -0.115. The van der Waals surface area contributed by atoms with Crippen molar-refractivity contribution in [2.45, 2.75) is 26.7 Å². The lowest BCUT2D eigenvalue weighted by atomic mass is 10.0. The third-order valence-electron chi connectivity index (χ3n) is 2.81. The maximum atomic E-state index is 12.1. The van der Waals surface area contributed by atoms with Crippen LogP contribution < -0.4 is 0 Å². The van der Waals surface area contributed by atoms with Crippen LogP contribution in [0.15, 0.2) is 66.3 Å². The number of allylic oxidation sites excluding steroid dienone is 6. The second-order valence-corrected chi connectivity index (χ2v) is 4.36. The van der Waals surface area contributed by atoms with Gasteiger partial charge in [-0.25, -0.2) is 0 Å². The molecule has 0 aliphatic heterocycles. The first-order valence-electron chi connectivity index (χ1n) is 6.76. The van der Waals surface area contributed by atoms with Gasteiger partial charge in [0, 0.05) is 24.0 Å². The van der Waals surface area contributed by atoms with Gasteiger partial charge in [0.1, 0.15) is 0 Å². The first-order chi connectivity index (χ1) is 9.69. The van der Waals surface area contributed by atoms with Gasteiger partial charge < -0.3 is 0 Å². The monoisotopic (exact) mass is 268 g/mol. The Morgan fingerprint density at radius 2 is 1.70 bits per heavy atom. The Morgan fingerprint density at radius 3 is 2.30 bits per heavy atom. The maximum Gasteiger partial charge on any atom is 0.163 e. The van der Waals surface area contributed by atoms with Gasteiger partial charge in [-0.2, -0.15) is 0 Å². The van der Waals surface area contributed by atoms with Crippen LogP contribution in [0.25, 0.3) is 0 Å². The molecule has 0 unspecified atom stereocenters. The van der Waals surface area contributed by atoms with E-state index in [9.17, 15) is 9.59 Å². The summed E-state index contributed by atoms with van der Waals surface area (Å²) >= 11 is 0. The zero-order valence-electron chi connectivity index (χ0n) is 12.0. The normalized spacial score (nSPS) is 12.2. The highest BCUT2D eigenvalue weighted by Gasteiger charge is 2.10. The summed E-state index contributed by atoms with van der Waals surface area (Å²) in [5, 5.41) is 0. The first-order valence-corrected chi connectivity index (χ1v) is 6.76. The smallest absolute Gasteiger partial charge is 0.163 e. The van der Waals surface area contributed by atoms with Crippen molar-refractivity contribution in [3.63, 3.8) is 0 Å². The molecule has 0 radical (unpaired) electrons. The van der Waals surface area contributed by atoms with Gasteiger partial charge >= 0.3 is 0 Å². The van der Waals surface area contributed by atoms with Crippen LogP contribution in [0.2, 0.25) is 0 Å². The van der Waals surface area contributed by atoms with E-state index in [4.69, 9.17) is 0 Å². The molecule has 0 amide bonds. The highest BCUT2D eigenvalue weighted by molar-refractivity contribution is 6.03. The standard InChI is InChI=1S/C18H20O2/c1-3-5-10-15(9-4-2)17(19)13-14-18(20)16-11-7-6-8-12-16/h3-12H,13-14H2,1-2H3/b5-3-,9-4-,15-10+. The summed E-state index contributed by atoms with van der Waals surface area (Å²) in [6.07, 6.45) is 9.55. The molecule has 0 heterocycles. The number of Topliss-reactive ketones (excluding diaryl/α,β-unsaturated/α-hetero) is 2. The van der Waals surface area contributed by atoms with E-state index in [2.05, 4.69) is 0 Å². The number of rotatable bonds is 7. The second-order valence-electron chi connectivity index (χ2n) is 4.36. The number of carbonyl (C=O) groups is 2. The molecule has 0 saturated heterocycles. The Balaban J connectivity index is 2.64. The average molecular weight is 268 g/mol. The molecule has 2 nitrogen and oxygen atoms in total. The summed E-state index contributed by atoms with van der Waals surface area (Å²) in [6, 6.07) is 9.06. The van der Waals surface area contributed by atoms with Crippen molar-refractivity contribution in [3.8, 4) is 0 Å². The first kappa shape index (κ1) is 15.8. The van der Waals surface area contributed by atoms with Crippen molar-refractivity contribution >= 4 is 11.6 Å². The number of hydrogen-bond acceptors (Lipinski definition) is 2. The minimum absolute atomic E-state index is 0.00446. The molecule has 0 bridgehead atoms. The van der Waals surface area contributed by atoms with E-state index in [1.54, 1.807) is 24.3 Å². The predicted molar refractivity (Wildman–Crippen MR) is 82.7 cm³/mol. The Hall–Kier alpha value is -2.22. The predicted octanol–water partition coefficient (Wildman–Crippen LogP) is 4.30. The van der Waals surface area contributed by atoms with Crippen molar-refractivity contribution < 1.29 is 9.59 Å². The third-order valence-corrected chi connectivity index (χ3v) is 2.81. The van der Waals surface area contributed by atoms with Gasteiger partial charge in [0.25, 0.3) is 0 Å². The molecule has 1 aromatic carbocycles. The van der Waals surface area contributed by atoms with E-state index >= 15 is 0 Å². The second kappa shape index (κ2) is 8.81. The Morgan fingerprint density at radius 1 is 1.00 bits per heavy atom. The molecule has 0 atom stereocenters. The molecular formula is C18H20O2. The van der Waals surface area contributed by atoms with Gasteiger partial charge in [-0.1, -0.05) is 60.7 Å². The molecular weight excluding hydrogens is 248 g/mol. The van der Waals surface area contributed by atoms with Crippen molar-refractivity contribution in [1.29, 1.82) is 0 Å². The van der Waals surface area contributed by atoms with Crippen LogP contribution in [0.4, 0.5) is 0 Å². The molecule has 0 N–H and O–H groups in total. The molecule has 1 rings (SSSR count). The van der Waals surface area contributed by atoms with Crippen LogP contribution in [0.3, 0.4) is 0 Å². The summed E-state index contributed by atoms with van der Waals surface area (Å²) in [4.78, 5) is 24.0. The van der Waals surface area contributed by atoms with Crippen LogP contribution in [0.1, 0.15) is 37.0 Å². The summed E-state index contributed by atoms with van der Waals surface area (Å²) in [5.41, 5.74) is 1.29. The van der Waals surface area contributed by atoms with Crippen molar-refractivity contribution in [3.05, 3.63) is 71.8 Å². The van der Waals surface area contributed by atoms with Crippen LogP contribution in [0, 0.1) is 0 Å². The minimum atomic E-state index is -0.00881. The van der Waals surface area contributed by atoms with Gasteiger partial charge in [0.05, 0.1) is 0 Å². The van der Waals surface area contributed by atoms with Crippen LogP contribution in [-0.4, -0.2) is 11.6 Å². The molecule has 0 aromatic heterocycles. The fourth-order valence-corrected chi connectivity index (χ4v) is 1.76. The van der Waals surface area contributed by atoms with E-state index < -0.39 is 0 Å². The minimum Gasteiger partial charge on any atom is -0.294 e. The van der Waals surface area contributed by atoms with E-state index in [0.717, 1.165) is 0 Å². The van der Waals surface area contributed by atoms with Crippen LogP contribution >= 0.6 is 0 Å². The van der Waals surface area contributed by atoms with Crippen molar-refractivity contribution in [2.24, 2.45) is 0 Å². The SMILES string of the molecule is C\C=C/C=C(\C=C/C)C(=O)CCC(=O)c1ccccc1. The quantitative estimate of drug-likeness (QED) is 0.420. The van der Waals surface area contributed by atoms with E-state index in [0.29, 0.717) is 11.1 Å². The van der Waals surface area contributed by atoms with E-state index in [1.165, 1.54) is 0 Å². The number of ketones is 2. The van der Waals surface area contributed by atoms with Gasteiger partial charge in [-0.15, -0.1) is 0 Å². The summed E-state index contributed by atoms with van der Waals surface area (Å²) in [5.74, 6) is -0.00436. The van der Waals surface area contributed by atoms with Gasteiger partial charge in [-0.3, -0.25) is 9.59 Å². The van der Waals surface area contributed by atoms with Crippen molar-refractivity contribution in [1.82, 2.24) is 0 Å². The number of carbonyl (C=O) groups excluding carboxylic acids is 2. The third kappa shape index (κ3) is 5.19. The summed E-state index contributed by atoms with van der Waals surface area (Å²) < 4.78 is 0. The number of benzene rings is 1. The zero-order chi connectivity index (χ0) is 14.8. The molecule has 2 heteroatoms. The molecule has 1 aromatic rings. The van der Waals surface area contributed by atoms with Crippen molar-refractivity contribution in [2.75, 3.05) is 0 Å². The van der Waals surface area contributed by atoms with Crippen LogP contribution in [-0.2, 0) is 4.79 Å². The van der Waals surface area contributed by atoms with Gasteiger partial charge in [-0.05, 0) is 13.8 Å². The fraction of sp³-hybridized carbons (Fsp3) is 0.222. The highest BCUT2D eigenvalue weighted by Crippen LogP contribution is 2.10.